The third kappa shape index (κ3) is 2.55. The van der Waals surface area contributed by atoms with E-state index in [9.17, 15) is 0 Å². The molecule has 5 rings (SSSR count). The molecule has 1 saturated carbocycles. The Bertz CT molecular complexity index is 749. The van der Waals surface area contributed by atoms with Gasteiger partial charge in [0, 0.05) is 26.1 Å². The van der Waals surface area contributed by atoms with Gasteiger partial charge in [0.1, 0.15) is 5.01 Å². The second-order valence-corrected chi connectivity index (χ2v) is 8.24. The van der Waals surface area contributed by atoms with Gasteiger partial charge >= 0.3 is 0 Å². The summed E-state index contributed by atoms with van der Waals surface area (Å²) in [7, 11) is 2.14. The lowest BCUT2D eigenvalue weighted by molar-refractivity contribution is 0.487. The fourth-order valence-electron chi connectivity index (χ4n) is 3.54. The monoisotopic (exact) mass is 342 g/mol. The Morgan fingerprint density at radius 3 is 2.75 bits per heavy atom. The molecule has 1 aliphatic heterocycles. The van der Waals surface area contributed by atoms with Crippen molar-refractivity contribution in [2.75, 3.05) is 29.9 Å². The standard InChI is InChI=1S/C17H22N6S/c1-22(17-21-20-16(24-17)11-6-7-11)13-9-23(10-13)15-8-12-4-2-3-5-14(12)18-19-15/h8,11,13H,2-7,9-10H2,1H3. The Hall–Kier alpha value is -1.76. The van der Waals surface area contributed by atoms with Crippen LogP contribution in [0.5, 0.6) is 0 Å². The molecule has 0 spiro atoms. The van der Waals surface area contributed by atoms with Crippen molar-refractivity contribution in [1.82, 2.24) is 20.4 Å². The van der Waals surface area contributed by atoms with Gasteiger partial charge in [0.05, 0.1) is 11.7 Å². The summed E-state index contributed by atoms with van der Waals surface area (Å²) in [4.78, 5) is 4.61. The molecule has 1 saturated heterocycles. The number of rotatable bonds is 4. The number of likely N-dealkylation sites (N-methyl/N-ethyl adjacent to an activating group) is 1. The van der Waals surface area contributed by atoms with Crippen LogP contribution in [0.15, 0.2) is 6.07 Å². The number of aryl methyl sites for hydroxylation is 2. The maximum Gasteiger partial charge on any atom is 0.208 e. The van der Waals surface area contributed by atoms with E-state index >= 15 is 0 Å². The van der Waals surface area contributed by atoms with E-state index in [1.165, 1.54) is 41.9 Å². The van der Waals surface area contributed by atoms with Crippen LogP contribution in [0.4, 0.5) is 10.9 Å². The Labute approximate surface area is 145 Å². The quantitative estimate of drug-likeness (QED) is 0.850. The molecule has 0 unspecified atom stereocenters. The van der Waals surface area contributed by atoms with E-state index < -0.39 is 0 Å². The minimum Gasteiger partial charge on any atom is -0.351 e. The predicted molar refractivity (Wildman–Crippen MR) is 95.0 cm³/mol. The first-order chi connectivity index (χ1) is 11.8. The molecule has 2 aromatic heterocycles. The molecule has 2 aliphatic carbocycles. The van der Waals surface area contributed by atoms with Crippen LogP contribution in [0.1, 0.15) is 47.9 Å². The van der Waals surface area contributed by atoms with Gasteiger partial charge in [0.2, 0.25) is 5.13 Å². The lowest BCUT2D eigenvalue weighted by Gasteiger charge is -2.44. The lowest BCUT2D eigenvalue weighted by atomic mass is 9.96. The van der Waals surface area contributed by atoms with E-state index in [4.69, 9.17) is 0 Å². The first-order valence-corrected chi connectivity index (χ1v) is 9.76. The van der Waals surface area contributed by atoms with Crippen molar-refractivity contribution in [1.29, 1.82) is 0 Å². The number of nitrogens with zero attached hydrogens (tertiary/aromatic N) is 6. The molecular weight excluding hydrogens is 320 g/mol. The highest BCUT2D eigenvalue weighted by molar-refractivity contribution is 7.15. The predicted octanol–water partition coefficient (Wildman–Crippen LogP) is 2.41. The van der Waals surface area contributed by atoms with Crippen LogP contribution in [-0.2, 0) is 12.8 Å². The molecule has 126 valence electrons. The van der Waals surface area contributed by atoms with Crippen molar-refractivity contribution in [3.63, 3.8) is 0 Å². The van der Waals surface area contributed by atoms with Gasteiger partial charge in [0.25, 0.3) is 0 Å². The number of aromatic nitrogens is 4. The summed E-state index contributed by atoms with van der Waals surface area (Å²) >= 11 is 1.76. The van der Waals surface area contributed by atoms with Crippen molar-refractivity contribution in [2.45, 2.75) is 50.5 Å². The Morgan fingerprint density at radius 2 is 1.92 bits per heavy atom. The molecule has 0 amide bonds. The molecule has 24 heavy (non-hydrogen) atoms. The zero-order chi connectivity index (χ0) is 16.1. The smallest absolute Gasteiger partial charge is 0.208 e. The number of hydrogen-bond acceptors (Lipinski definition) is 7. The average Bonchev–Trinajstić information content (AvgIpc) is 3.30. The van der Waals surface area contributed by atoms with E-state index in [0.717, 1.165) is 36.9 Å². The fourth-order valence-corrected chi connectivity index (χ4v) is 4.59. The van der Waals surface area contributed by atoms with Crippen molar-refractivity contribution >= 4 is 22.3 Å². The second kappa shape index (κ2) is 5.65. The SMILES string of the molecule is CN(c1nnc(C2CC2)s1)C1CN(c2cc3c(nn2)CCCC3)C1. The Balaban J connectivity index is 1.24. The molecule has 2 fully saturated rings. The van der Waals surface area contributed by atoms with Crippen LogP contribution >= 0.6 is 11.3 Å². The molecule has 3 aliphatic rings. The molecule has 0 N–H and O–H groups in total. The molecule has 0 radical (unpaired) electrons. The molecular formula is C17H22N6S. The maximum atomic E-state index is 4.45. The normalized spacial score (nSPS) is 20.6. The number of anilines is 2. The molecule has 6 nitrogen and oxygen atoms in total. The summed E-state index contributed by atoms with van der Waals surface area (Å²) in [6.07, 6.45) is 7.35. The molecule has 2 aromatic rings. The molecule has 0 atom stereocenters. The van der Waals surface area contributed by atoms with Gasteiger partial charge in [-0.15, -0.1) is 15.3 Å². The highest BCUT2D eigenvalue weighted by atomic mass is 32.1. The fraction of sp³-hybridized carbons (Fsp3) is 0.647. The van der Waals surface area contributed by atoms with E-state index in [1.807, 2.05) is 0 Å². The van der Waals surface area contributed by atoms with Gasteiger partial charge in [-0.2, -0.15) is 5.10 Å². The van der Waals surface area contributed by atoms with Crippen LogP contribution in [0.2, 0.25) is 0 Å². The van der Waals surface area contributed by atoms with Crippen LogP contribution in [0, 0.1) is 0 Å². The van der Waals surface area contributed by atoms with E-state index in [1.54, 1.807) is 11.3 Å². The zero-order valence-corrected chi connectivity index (χ0v) is 14.8. The third-order valence-electron chi connectivity index (χ3n) is 5.45. The molecule has 0 aromatic carbocycles. The van der Waals surface area contributed by atoms with Gasteiger partial charge in [0.15, 0.2) is 5.82 Å². The summed E-state index contributed by atoms with van der Waals surface area (Å²) in [5.41, 5.74) is 2.61. The van der Waals surface area contributed by atoms with Crippen molar-refractivity contribution in [3.05, 3.63) is 22.3 Å². The zero-order valence-electron chi connectivity index (χ0n) is 14.0. The first-order valence-electron chi connectivity index (χ1n) is 8.94. The van der Waals surface area contributed by atoms with Crippen LogP contribution in [-0.4, -0.2) is 46.6 Å². The van der Waals surface area contributed by atoms with Gasteiger partial charge in [-0.3, -0.25) is 0 Å². The largest absolute Gasteiger partial charge is 0.351 e. The van der Waals surface area contributed by atoms with E-state index in [0.29, 0.717) is 12.0 Å². The van der Waals surface area contributed by atoms with Crippen molar-refractivity contribution in [2.24, 2.45) is 0 Å². The minimum absolute atomic E-state index is 0.489. The van der Waals surface area contributed by atoms with Crippen LogP contribution < -0.4 is 9.80 Å². The maximum absolute atomic E-state index is 4.45. The molecule has 3 heterocycles. The van der Waals surface area contributed by atoms with Gasteiger partial charge < -0.3 is 9.80 Å². The van der Waals surface area contributed by atoms with Crippen LogP contribution in [0.3, 0.4) is 0 Å². The highest BCUT2D eigenvalue weighted by Crippen LogP contribution is 2.42. The Morgan fingerprint density at radius 1 is 1.08 bits per heavy atom. The topological polar surface area (TPSA) is 58.0 Å². The number of fused-ring (bicyclic) bond motifs is 1. The highest BCUT2D eigenvalue weighted by Gasteiger charge is 2.34. The summed E-state index contributed by atoms with van der Waals surface area (Å²) < 4.78 is 0. The van der Waals surface area contributed by atoms with Crippen LogP contribution in [0.25, 0.3) is 0 Å². The van der Waals surface area contributed by atoms with Gasteiger partial charge in [-0.1, -0.05) is 11.3 Å². The first kappa shape index (κ1) is 14.6. The number of hydrogen-bond donors (Lipinski definition) is 0. The third-order valence-corrected chi connectivity index (χ3v) is 6.63. The second-order valence-electron chi connectivity index (χ2n) is 7.25. The average molecular weight is 342 g/mol. The van der Waals surface area contributed by atoms with Crippen molar-refractivity contribution < 1.29 is 0 Å². The van der Waals surface area contributed by atoms with E-state index in [2.05, 4.69) is 43.3 Å². The summed E-state index contributed by atoms with van der Waals surface area (Å²) in [5, 5.41) is 19.9. The summed E-state index contributed by atoms with van der Waals surface area (Å²) in [6, 6.07) is 2.75. The molecule has 0 bridgehead atoms. The summed E-state index contributed by atoms with van der Waals surface area (Å²) in [6.45, 7) is 1.98. The molecule has 7 heteroatoms. The van der Waals surface area contributed by atoms with Crippen molar-refractivity contribution in [3.8, 4) is 0 Å². The minimum atomic E-state index is 0.489. The lowest BCUT2D eigenvalue weighted by Crippen LogP contribution is -2.59. The summed E-state index contributed by atoms with van der Waals surface area (Å²) in [5.74, 6) is 1.73. The van der Waals surface area contributed by atoms with Gasteiger partial charge in [-0.25, -0.2) is 0 Å². The van der Waals surface area contributed by atoms with E-state index in [-0.39, 0.29) is 0 Å². The van der Waals surface area contributed by atoms with Gasteiger partial charge in [-0.05, 0) is 50.2 Å². The Kier molecular flexibility index (Phi) is 3.43.